The Hall–Kier alpha value is -3.22. The van der Waals surface area contributed by atoms with Crippen molar-refractivity contribution >= 4 is 11.6 Å². The Labute approximate surface area is 145 Å². The fraction of sp³-hybridized carbons (Fsp3) is 0.222. The van der Waals surface area contributed by atoms with E-state index in [0.717, 1.165) is 22.6 Å². The molecule has 2 aromatic carbocycles. The van der Waals surface area contributed by atoms with Crippen molar-refractivity contribution in [2.45, 2.75) is 19.3 Å². The van der Waals surface area contributed by atoms with E-state index in [1.807, 2.05) is 55.5 Å². The van der Waals surface area contributed by atoms with Crippen LogP contribution in [0.4, 0.5) is 5.69 Å². The fourth-order valence-electron chi connectivity index (χ4n) is 2.52. The van der Waals surface area contributed by atoms with Gasteiger partial charge in [0.05, 0.1) is 7.11 Å². The van der Waals surface area contributed by atoms with Crippen LogP contribution in [0, 0.1) is 6.92 Å². The molecule has 25 heavy (non-hydrogen) atoms. The minimum absolute atomic E-state index is 0.187. The van der Waals surface area contributed by atoms with Crippen LogP contribution in [-0.2, 0) is 11.2 Å². The van der Waals surface area contributed by atoms with Crippen LogP contribution in [0.3, 0.4) is 0 Å². The second kappa shape index (κ2) is 7.57. The summed E-state index contributed by atoms with van der Waals surface area (Å²) in [6, 6.07) is 15.2. The highest BCUT2D eigenvalue weighted by molar-refractivity contribution is 5.95. The first-order chi connectivity index (χ1) is 12.2. The zero-order valence-corrected chi connectivity index (χ0v) is 14.1. The van der Waals surface area contributed by atoms with E-state index in [2.05, 4.69) is 25.9 Å². The molecule has 0 saturated heterocycles. The lowest BCUT2D eigenvalue weighted by Gasteiger charge is -2.14. The molecule has 1 aromatic heterocycles. The Bertz CT molecular complexity index is 831. The molecule has 7 heteroatoms. The van der Waals surface area contributed by atoms with Gasteiger partial charge in [-0.2, -0.15) is 5.21 Å². The zero-order valence-electron chi connectivity index (χ0n) is 14.1. The number of nitrogens with one attached hydrogen (secondary N) is 2. The van der Waals surface area contributed by atoms with Gasteiger partial charge in [-0.05, 0) is 43.2 Å². The van der Waals surface area contributed by atoms with E-state index in [0.29, 0.717) is 12.2 Å². The minimum atomic E-state index is -0.563. The van der Waals surface area contributed by atoms with Crippen LogP contribution in [0.1, 0.15) is 22.9 Å². The van der Waals surface area contributed by atoms with Crippen LogP contribution in [0.25, 0.3) is 0 Å². The summed E-state index contributed by atoms with van der Waals surface area (Å²) in [6.07, 6.45) is 0.439. The summed E-state index contributed by atoms with van der Waals surface area (Å²) in [4.78, 5) is 12.8. The van der Waals surface area contributed by atoms with E-state index < -0.39 is 5.92 Å². The third-order valence-corrected chi connectivity index (χ3v) is 3.88. The Morgan fingerprint density at radius 2 is 2.04 bits per heavy atom. The van der Waals surface area contributed by atoms with Gasteiger partial charge < -0.3 is 10.1 Å². The summed E-state index contributed by atoms with van der Waals surface area (Å²) in [6.45, 7) is 2.00. The van der Waals surface area contributed by atoms with Gasteiger partial charge in [0.2, 0.25) is 5.91 Å². The van der Waals surface area contributed by atoms with Crippen molar-refractivity contribution in [2.75, 3.05) is 12.4 Å². The first-order valence-electron chi connectivity index (χ1n) is 7.89. The molecule has 0 fully saturated rings. The van der Waals surface area contributed by atoms with Gasteiger partial charge in [-0.15, -0.1) is 10.2 Å². The largest absolute Gasteiger partial charge is 0.497 e. The molecule has 2 N–H and O–H groups in total. The third-order valence-electron chi connectivity index (χ3n) is 3.88. The number of aromatic nitrogens is 4. The second-order valence-electron chi connectivity index (χ2n) is 5.73. The number of aromatic amines is 1. The minimum Gasteiger partial charge on any atom is -0.497 e. The first-order valence-corrected chi connectivity index (χ1v) is 7.89. The number of hydrogen-bond donors (Lipinski definition) is 2. The molecule has 0 saturated carbocycles. The predicted octanol–water partition coefficient (Wildman–Crippen LogP) is 2.48. The average Bonchev–Trinajstić information content (AvgIpc) is 3.16. The van der Waals surface area contributed by atoms with Gasteiger partial charge in [0.15, 0.2) is 5.82 Å². The van der Waals surface area contributed by atoms with Crippen molar-refractivity contribution in [2.24, 2.45) is 0 Å². The number of aryl methyl sites for hydroxylation is 1. The standard InChI is InChI=1S/C18H19N5O2/c1-12-6-8-14(9-7-12)19-18(24)16(17-20-22-23-21-17)11-13-4-3-5-15(10-13)25-2/h3-10,16H,11H2,1-2H3,(H,19,24)(H,20,21,22,23)/t16-/m1/s1. The highest BCUT2D eigenvalue weighted by Gasteiger charge is 2.25. The number of benzene rings is 2. The summed E-state index contributed by atoms with van der Waals surface area (Å²) in [7, 11) is 1.61. The molecule has 0 unspecified atom stereocenters. The number of methoxy groups -OCH3 is 1. The number of nitrogens with zero attached hydrogens (tertiary/aromatic N) is 3. The van der Waals surface area contributed by atoms with Crippen LogP contribution in [0.5, 0.6) is 5.75 Å². The number of carbonyl (C=O) groups excluding carboxylic acids is 1. The molecule has 1 amide bonds. The van der Waals surface area contributed by atoms with Crippen molar-refractivity contribution in [3.05, 3.63) is 65.5 Å². The SMILES string of the molecule is COc1cccc(C[C@@H](C(=O)Nc2ccc(C)cc2)c2nn[nH]n2)c1. The second-order valence-corrected chi connectivity index (χ2v) is 5.73. The first kappa shape index (κ1) is 16.6. The van der Waals surface area contributed by atoms with Crippen LogP contribution >= 0.6 is 0 Å². The van der Waals surface area contributed by atoms with Gasteiger partial charge in [0.25, 0.3) is 0 Å². The number of hydrogen-bond acceptors (Lipinski definition) is 5. The molecular weight excluding hydrogens is 318 g/mol. The van der Waals surface area contributed by atoms with Gasteiger partial charge in [-0.1, -0.05) is 35.0 Å². The van der Waals surface area contributed by atoms with Gasteiger partial charge in [0.1, 0.15) is 11.7 Å². The van der Waals surface area contributed by atoms with E-state index in [-0.39, 0.29) is 5.91 Å². The quantitative estimate of drug-likeness (QED) is 0.721. The molecule has 7 nitrogen and oxygen atoms in total. The highest BCUT2D eigenvalue weighted by atomic mass is 16.5. The Kier molecular flexibility index (Phi) is 5.03. The number of anilines is 1. The maximum Gasteiger partial charge on any atom is 0.235 e. The van der Waals surface area contributed by atoms with Crippen molar-refractivity contribution in [3.8, 4) is 5.75 Å². The Balaban J connectivity index is 1.81. The van der Waals surface area contributed by atoms with E-state index >= 15 is 0 Å². The maximum absolute atomic E-state index is 12.8. The molecule has 3 aromatic rings. The Morgan fingerprint density at radius 1 is 1.24 bits per heavy atom. The maximum atomic E-state index is 12.8. The molecule has 0 aliphatic heterocycles. The summed E-state index contributed by atoms with van der Waals surface area (Å²) >= 11 is 0. The normalized spacial score (nSPS) is 11.8. The molecule has 1 heterocycles. The fourth-order valence-corrected chi connectivity index (χ4v) is 2.52. The van der Waals surface area contributed by atoms with Crippen molar-refractivity contribution < 1.29 is 9.53 Å². The van der Waals surface area contributed by atoms with Crippen LogP contribution < -0.4 is 10.1 Å². The van der Waals surface area contributed by atoms with Crippen LogP contribution in [0.2, 0.25) is 0 Å². The smallest absolute Gasteiger partial charge is 0.235 e. The molecule has 0 aliphatic carbocycles. The molecule has 1 atom stereocenters. The number of ether oxygens (including phenoxy) is 1. The topological polar surface area (TPSA) is 92.8 Å². The summed E-state index contributed by atoms with van der Waals surface area (Å²) in [5, 5.41) is 16.9. The van der Waals surface area contributed by atoms with Crippen molar-refractivity contribution in [3.63, 3.8) is 0 Å². The van der Waals surface area contributed by atoms with E-state index in [4.69, 9.17) is 4.74 Å². The molecule has 0 aliphatic rings. The molecule has 0 bridgehead atoms. The van der Waals surface area contributed by atoms with Gasteiger partial charge >= 0.3 is 0 Å². The van der Waals surface area contributed by atoms with E-state index in [9.17, 15) is 4.79 Å². The highest BCUT2D eigenvalue weighted by Crippen LogP contribution is 2.22. The summed E-state index contributed by atoms with van der Waals surface area (Å²) < 4.78 is 5.24. The third kappa shape index (κ3) is 4.20. The lowest BCUT2D eigenvalue weighted by Crippen LogP contribution is -2.24. The van der Waals surface area contributed by atoms with Crippen molar-refractivity contribution in [1.29, 1.82) is 0 Å². The van der Waals surface area contributed by atoms with E-state index in [1.165, 1.54) is 0 Å². The number of tetrazole rings is 1. The van der Waals surface area contributed by atoms with Gasteiger partial charge in [-0.3, -0.25) is 4.79 Å². The molecule has 0 spiro atoms. The number of amides is 1. The molecule has 0 radical (unpaired) electrons. The average molecular weight is 337 g/mol. The monoisotopic (exact) mass is 337 g/mol. The Morgan fingerprint density at radius 3 is 2.72 bits per heavy atom. The lowest BCUT2D eigenvalue weighted by atomic mass is 9.97. The van der Waals surface area contributed by atoms with Crippen LogP contribution in [0.15, 0.2) is 48.5 Å². The molecule has 128 valence electrons. The van der Waals surface area contributed by atoms with Crippen molar-refractivity contribution in [1.82, 2.24) is 20.6 Å². The predicted molar refractivity (Wildman–Crippen MR) is 93.4 cm³/mol. The summed E-state index contributed by atoms with van der Waals surface area (Å²) in [5.74, 6) is 0.343. The number of rotatable bonds is 6. The van der Waals surface area contributed by atoms with Gasteiger partial charge in [-0.25, -0.2) is 0 Å². The number of H-pyrrole nitrogens is 1. The molecule has 3 rings (SSSR count). The van der Waals surface area contributed by atoms with E-state index in [1.54, 1.807) is 7.11 Å². The molecular formula is C18H19N5O2. The zero-order chi connectivity index (χ0) is 17.6. The summed E-state index contributed by atoms with van der Waals surface area (Å²) in [5.41, 5.74) is 2.81. The number of carbonyl (C=O) groups is 1. The van der Waals surface area contributed by atoms with Gasteiger partial charge in [0, 0.05) is 5.69 Å². The van der Waals surface area contributed by atoms with Crippen LogP contribution in [-0.4, -0.2) is 33.6 Å². The lowest BCUT2D eigenvalue weighted by molar-refractivity contribution is -0.117.